The minimum absolute atomic E-state index is 0.0672. The number of anilines is 1. The molecule has 1 amide bonds. The van der Waals surface area contributed by atoms with E-state index >= 15 is 0 Å². The number of hydrogen-bond donors (Lipinski definition) is 3. The Morgan fingerprint density at radius 2 is 1.96 bits per heavy atom. The molecule has 2 aromatic carbocycles. The summed E-state index contributed by atoms with van der Waals surface area (Å²) in [6.07, 6.45) is 2.65. The first-order valence-corrected chi connectivity index (χ1v) is 7.78. The number of amides is 1. The summed E-state index contributed by atoms with van der Waals surface area (Å²) in [6, 6.07) is 12.2. The maximum Gasteiger partial charge on any atom is 0.407 e. The van der Waals surface area contributed by atoms with E-state index in [2.05, 4.69) is 5.32 Å². The summed E-state index contributed by atoms with van der Waals surface area (Å²) < 4.78 is 5.07. The van der Waals surface area contributed by atoms with Crippen molar-refractivity contribution >= 4 is 35.4 Å². The molecule has 0 heterocycles. The lowest BCUT2D eigenvalue weighted by atomic mass is 10.1. The molecule has 0 saturated heterocycles. The van der Waals surface area contributed by atoms with Gasteiger partial charge >= 0.3 is 12.1 Å². The van der Waals surface area contributed by atoms with Gasteiger partial charge in [-0.1, -0.05) is 54.1 Å². The van der Waals surface area contributed by atoms with E-state index in [1.54, 1.807) is 18.2 Å². The predicted molar refractivity (Wildman–Crippen MR) is 96.5 cm³/mol. The maximum atomic E-state index is 11.6. The van der Waals surface area contributed by atoms with Crippen LogP contribution in [0.5, 0.6) is 0 Å². The van der Waals surface area contributed by atoms with E-state index in [-0.39, 0.29) is 29.4 Å². The van der Waals surface area contributed by atoms with E-state index in [0.29, 0.717) is 5.56 Å². The Morgan fingerprint density at radius 3 is 2.64 bits per heavy atom. The number of benzene rings is 2. The van der Waals surface area contributed by atoms with Gasteiger partial charge in [-0.05, 0) is 23.3 Å². The predicted octanol–water partition coefficient (Wildman–Crippen LogP) is 3.56. The lowest BCUT2D eigenvalue weighted by Gasteiger charge is -2.07. The van der Waals surface area contributed by atoms with Gasteiger partial charge in [-0.25, -0.2) is 9.59 Å². The molecule has 0 fully saturated rings. The van der Waals surface area contributed by atoms with E-state index in [1.165, 1.54) is 6.07 Å². The minimum Gasteiger partial charge on any atom is -0.478 e. The summed E-state index contributed by atoms with van der Waals surface area (Å²) in [5.41, 5.74) is 7.20. The second-order valence-corrected chi connectivity index (χ2v) is 5.54. The highest BCUT2D eigenvalue weighted by atomic mass is 35.5. The second kappa shape index (κ2) is 8.75. The standard InChI is InChI=1S/C18H17ClN2O4/c19-14-9-13(16(20)15(10-14)17(22)23)7-4-8-21-18(24)25-11-12-5-2-1-3-6-12/h1-7,9-10H,8,11,20H2,(H,21,24)(H,22,23). The van der Waals surface area contributed by atoms with E-state index < -0.39 is 12.1 Å². The van der Waals surface area contributed by atoms with Crippen LogP contribution in [0.3, 0.4) is 0 Å². The normalized spacial score (nSPS) is 10.6. The highest BCUT2D eigenvalue weighted by Crippen LogP contribution is 2.24. The SMILES string of the molecule is Nc1c(C=CCNC(=O)OCc2ccccc2)cc(Cl)cc1C(=O)O. The largest absolute Gasteiger partial charge is 0.478 e. The van der Waals surface area contributed by atoms with Crippen molar-refractivity contribution < 1.29 is 19.4 Å². The number of hydrogen-bond acceptors (Lipinski definition) is 4. The van der Waals surface area contributed by atoms with Gasteiger partial charge in [-0.3, -0.25) is 0 Å². The number of nitrogens with one attached hydrogen (secondary N) is 1. The lowest BCUT2D eigenvalue weighted by molar-refractivity contribution is 0.0698. The Hall–Kier alpha value is -2.99. The number of ether oxygens (including phenoxy) is 1. The molecular weight excluding hydrogens is 344 g/mol. The van der Waals surface area contributed by atoms with Crippen molar-refractivity contribution in [3.8, 4) is 0 Å². The molecule has 0 aliphatic heterocycles. The molecule has 0 aromatic heterocycles. The number of carbonyl (C=O) groups excluding carboxylic acids is 1. The third-order valence-electron chi connectivity index (χ3n) is 3.28. The smallest absolute Gasteiger partial charge is 0.407 e. The third-order valence-corrected chi connectivity index (χ3v) is 3.50. The van der Waals surface area contributed by atoms with Crippen LogP contribution in [0.2, 0.25) is 5.02 Å². The quantitative estimate of drug-likeness (QED) is 0.683. The molecule has 130 valence electrons. The van der Waals surface area contributed by atoms with Crippen LogP contribution in [0.1, 0.15) is 21.5 Å². The van der Waals surface area contributed by atoms with Gasteiger partial charge in [0.1, 0.15) is 6.61 Å². The van der Waals surface area contributed by atoms with Crippen LogP contribution in [-0.2, 0) is 11.3 Å². The molecule has 2 aromatic rings. The molecule has 0 atom stereocenters. The first-order chi connectivity index (χ1) is 12.0. The van der Waals surface area contributed by atoms with Crippen molar-refractivity contribution in [3.63, 3.8) is 0 Å². The molecule has 25 heavy (non-hydrogen) atoms. The number of nitrogens with two attached hydrogens (primary N) is 1. The van der Waals surface area contributed by atoms with Gasteiger partial charge < -0.3 is 20.9 Å². The van der Waals surface area contributed by atoms with Crippen molar-refractivity contribution in [3.05, 3.63) is 70.3 Å². The number of carbonyl (C=O) groups is 2. The molecular formula is C18H17ClN2O4. The zero-order chi connectivity index (χ0) is 18.2. The van der Waals surface area contributed by atoms with Crippen LogP contribution < -0.4 is 11.1 Å². The van der Waals surface area contributed by atoms with Gasteiger partial charge in [0.2, 0.25) is 0 Å². The fraction of sp³-hybridized carbons (Fsp3) is 0.111. The van der Waals surface area contributed by atoms with Gasteiger partial charge in [0, 0.05) is 11.6 Å². The van der Waals surface area contributed by atoms with Crippen LogP contribution in [0, 0.1) is 0 Å². The molecule has 0 saturated carbocycles. The third kappa shape index (κ3) is 5.54. The van der Waals surface area contributed by atoms with E-state index in [4.69, 9.17) is 27.2 Å². The zero-order valence-corrected chi connectivity index (χ0v) is 14.0. The summed E-state index contributed by atoms with van der Waals surface area (Å²) in [4.78, 5) is 22.7. The highest BCUT2D eigenvalue weighted by molar-refractivity contribution is 6.31. The van der Waals surface area contributed by atoms with Crippen LogP contribution in [0.25, 0.3) is 6.08 Å². The molecule has 0 unspecified atom stereocenters. The first-order valence-electron chi connectivity index (χ1n) is 7.41. The number of halogens is 1. The first kappa shape index (κ1) is 18.4. The number of carboxylic acid groups (broad SMARTS) is 1. The van der Waals surface area contributed by atoms with Crippen LogP contribution in [0.15, 0.2) is 48.5 Å². The Balaban J connectivity index is 1.87. The molecule has 4 N–H and O–H groups in total. The van der Waals surface area contributed by atoms with E-state index in [0.717, 1.165) is 5.56 Å². The Morgan fingerprint density at radius 1 is 1.24 bits per heavy atom. The fourth-order valence-corrected chi connectivity index (χ4v) is 2.28. The Bertz CT molecular complexity index is 791. The van der Waals surface area contributed by atoms with Gasteiger partial charge in [-0.15, -0.1) is 0 Å². The fourth-order valence-electron chi connectivity index (χ4n) is 2.06. The summed E-state index contributed by atoms with van der Waals surface area (Å²) in [7, 11) is 0. The van der Waals surface area contributed by atoms with Crippen molar-refractivity contribution in [2.24, 2.45) is 0 Å². The average molecular weight is 361 g/mol. The number of nitrogen functional groups attached to an aromatic ring is 1. The summed E-state index contributed by atoms with van der Waals surface area (Å²) in [5, 5.41) is 11.9. The summed E-state index contributed by atoms with van der Waals surface area (Å²) in [5.74, 6) is -1.16. The van der Waals surface area contributed by atoms with Crippen molar-refractivity contribution in [1.29, 1.82) is 0 Å². The van der Waals surface area contributed by atoms with Crippen molar-refractivity contribution in [1.82, 2.24) is 5.32 Å². The van der Waals surface area contributed by atoms with Crippen LogP contribution in [0.4, 0.5) is 10.5 Å². The highest BCUT2D eigenvalue weighted by Gasteiger charge is 2.11. The van der Waals surface area contributed by atoms with Crippen molar-refractivity contribution in [2.75, 3.05) is 12.3 Å². The molecule has 6 nitrogen and oxygen atoms in total. The Kier molecular flexibility index (Phi) is 6.42. The van der Waals surface area contributed by atoms with E-state index in [1.807, 2.05) is 30.3 Å². The molecule has 0 spiro atoms. The van der Waals surface area contributed by atoms with Crippen LogP contribution in [-0.4, -0.2) is 23.7 Å². The second-order valence-electron chi connectivity index (χ2n) is 5.11. The number of rotatable bonds is 6. The van der Waals surface area contributed by atoms with Gasteiger partial charge in [0.25, 0.3) is 0 Å². The monoisotopic (exact) mass is 360 g/mol. The minimum atomic E-state index is -1.16. The lowest BCUT2D eigenvalue weighted by Crippen LogP contribution is -2.24. The van der Waals surface area contributed by atoms with Crippen LogP contribution >= 0.6 is 11.6 Å². The molecule has 0 aliphatic rings. The molecule has 7 heteroatoms. The number of aromatic carboxylic acids is 1. The molecule has 0 bridgehead atoms. The maximum absolute atomic E-state index is 11.6. The van der Waals surface area contributed by atoms with Gasteiger partial charge in [0.15, 0.2) is 0 Å². The zero-order valence-electron chi connectivity index (χ0n) is 13.2. The van der Waals surface area contributed by atoms with Gasteiger partial charge in [-0.2, -0.15) is 0 Å². The average Bonchev–Trinajstić information content (AvgIpc) is 2.60. The topological polar surface area (TPSA) is 102 Å². The summed E-state index contributed by atoms with van der Waals surface area (Å²) >= 11 is 5.89. The van der Waals surface area contributed by atoms with Crippen molar-refractivity contribution in [2.45, 2.75) is 6.61 Å². The molecule has 2 rings (SSSR count). The molecule has 0 aliphatic carbocycles. The summed E-state index contributed by atoms with van der Waals surface area (Å²) in [6.45, 7) is 0.377. The van der Waals surface area contributed by atoms with Gasteiger partial charge in [0.05, 0.1) is 11.3 Å². The number of carboxylic acids is 1. The van der Waals surface area contributed by atoms with E-state index in [9.17, 15) is 9.59 Å². The Labute approximate surface area is 149 Å². The number of alkyl carbamates (subject to hydrolysis) is 1. The molecule has 0 radical (unpaired) electrons.